The van der Waals surface area contributed by atoms with Gasteiger partial charge in [-0.05, 0) is 31.0 Å². The highest BCUT2D eigenvalue weighted by molar-refractivity contribution is 7.17. The van der Waals surface area contributed by atoms with Crippen molar-refractivity contribution in [3.63, 3.8) is 0 Å². The van der Waals surface area contributed by atoms with Gasteiger partial charge in [0.05, 0.1) is 5.69 Å². The van der Waals surface area contributed by atoms with Gasteiger partial charge in [-0.25, -0.2) is 9.78 Å². The second-order valence-electron chi connectivity index (χ2n) is 4.44. The third-order valence-electron chi connectivity index (χ3n) is 2.80. The molecule has 0 spiro atoms. The Morgan fingerprint density at radius 2 is 2.25 bits per heavy atom. The summed E-state index contributed by atoms with van der Waals surface area (Å²) in [4.78, 5) is 15.8. The minimum absolute atomic E-state index is 0.299. The monoisotopic (exact) mass is 310 g/mol. The van der Waals surface area contributed by atoms with E-state index in [9.17, 15) is 9.90 Å². The first-order valence-corrected chi connectivity index (χ1v) is 7.47. The first-order valence-electron chi connectivity index (χ1n) is 6.27. The summed E-state index contributed by atoms with van der Waals surface area (Å²) in [6.45, 7) is 3.93. The topological polar surface area (TPSA) is 62.2 Å². The van der Waals surface area contributed by atoms with Crippen LogP contribution in [0, 0.1) is 6.92 Å². The van der Waals surface area contributed by atoms with Crippen LogP contribution in [0.1, 0.15) is 34.3 Å². The van der Waals surface area contributed by atoms with Gasteiger partial charge >= 0.3 is 5.97 Å². The molecule has 4 nitrogen and oxygen atoms in total. The largest absolute Gasteiger partial charge is 0.477 e. The Morgan fingerprint density at radius 3 is 2.85 bits per heavy atom. The molecule has 0 radical (unpaired) electrons. The van der Waals surface area contributed by atoms with Gasteiger partial charge < -0.3 is 10.4 Å². The van der Waals surface area contributed by atoms with Crippen LogP contribution in [0.3, 0.4) is 0 Å². The molecule has 0 amide bonds. The molecule has 0 unspecified atom stereocenters. The summed E-state index contributed by atoms with van der Waals surface area (Å²) in [5.74, 6) is -0.930. The fourth-order valence-corrected chi connectivity index (χ4v) is 2.82. The lowest BCUT2D eigenvalue weighted by Crippen LogP contribution is -1.98. The number of rotatable bonds is 5. The standard InChI is InChI=1S/C14H15ClN2O2S/c1-3-4-11-12(13(18)19)20-14(17-11)16-9-6-5-8(2)10(15)7-9/h5-7H,3-4H2,1-2H3,(H,16,17)(H,18,19). The summed E-state index contributed by atoms with van der Waals surface area (Å²) in [7, 11) is 0. The molecule has 0 saturated carbocycles. The first kappa shape index (κ1) is 14.8. The second-order valence-corrected chi connectivity index (χ2v) is 5.85. The summed E-state index contributed by atoms with van der Waals surface area (Å²) in [5, 5.41) is 13.5. The summed E-state index contributed by atoms with van der Waals surface area (Å²) in [6.07, 6.45) is 1.52. The van der Waals surface area contributed by atoms with Crippen molar-refractivity contribution in [2.24, 2.45) is 0 Å². The molecule has 106 valence electrons. The summed E-state index contributed by atoms with van der Waals surface area (Å²) in [6, 6.07) is 5.60. The minimum atomic E-state index is -0.930. The molecule has 1 aromatic heterocycles. The number of aromatic carboxylic acids is 1. The lowest BCUT2D eigenvalue weighted by Gasteiger charge is -2.04. The maximum atomic E-state index is 11.2. The average Bonchev–Trinajstić information content (AvgIpc) is 2.77. The Labute approximate surface area is 126 Å². The second kappa shape index (κ2) is 6.24. The van der Waals surface area contributed by atoms with E-state index in [-0.39, 0.29) is 0 Å². The van der Waals surface area contributed by atoms with Gasteiger partial charge in [0.2, 0.25) is 0 Å². The molecule has 6 heteroatoms. The Kier molecular flexibility index (Phi) is 4.62. The molecule has 0 aliphatic rings. The number of thiazole rings is 1. The molecule has 20 heavy (non-hydrogen) atoms. The van der Waals surface area contributed by atoms with E-state index in [0.717, 1.165) is 29.0 Å². The minimum Gasteiger partial charge on any atom is -0.477 e. The lowest BCUT2D eigenvalue weighted by molar-refractivity contribution is 0.0700. The van der Waals surface area contributed by atoms with Crippen LogP contribution >= 0.6 is 22.9 Å². The Bertz CT molecular complexity index is 640. The van der Waals surface area contributed by atoms with Gasteiger partial charge in [-0.15, -0.1) is 0 Å². The Morgan fingerprint density at radius 1 is 1.50 bits per heavy atom. The van der Waals surface area contributed by atoms with Crippen molar-refractivity contribution in [3.05, 3.63) is 39.4 Å². The highest BCUT2D eigenvalue weighted by Crippen LogP contribution is 2.28. The maximum Gasteiger partial charge on any atom is 0.347 e. The summed E-state index contributed by atoms with van der Waals surface area (Å²) >= 11 is 7.21. The SMILES string of the molecule is CCCc1nc(Nc2ccc(C)c(Cl)c2)sc1C(=O)O. The van der Waals surface area contributed by atoms with Crippen molar-refractivity contribution in [1.82, 2.24) is 4.98 Å². The summed E-state index contributed by atoms with van der Waals surface area (Å²) in [5.41, 5.74) is 2.43. The van der Waals surface area contributed by atoms with E-state index >= 15 is 0 Å². The van der Waals surface area contributed by atoms with Crippen LogP contribution in [0.4, 0.5) is 10.8 Å². The molecule has 1 aromatic carbocycles. The maximum absolute atomic E-state index is 11.2. The molecule has 0 saturated heterocycles. The fourth-order valence-electron chi connectivity index (χ4n) is 1.77. The van der Waals surface area contributed by atoms with Crippen LogP contribution in [0.15, 0.2) is 18.2 Å². The number of halogens is 1. The normalized spacial score (nSPS) is 10.6. The molecule has 2 N–H and O–H groups in total. The van der Waals surface area contributed by atoms with E-state index in [1.807, 2.05) is 26.0 Å². The van der Waals surface area contributed by atoms with Gasteiger partial charge in [-0.1, -0.05) is 42.3 Å². The van der Waals surface area contributed by atoms with Crippen molar-refractivity contribution >= 4 is 39.7 Å². The molecule has 0 aliphatic heterocycles. The zero-order valence-corrected chi connectivity index (χ0v) is 12.8. The van der Waals surface area contributed by atoms with E-state index < -0.39 is 5.97 Å². The molecule has 2 aromatic rings. The van der Waals surface area contributed by atoms with Gasteiger partial charge in [-0.2, -0.15) is 0 Å². The molecular formula is C14H15ClN2O2S. The van der Waals surface area contributed by atoms with Crippen LogP contribution in [0.2, 0.25) is 5.02 Å². The van der Waals surface area contributed by atoms with Gasteiger partial charge in [0.15, 0.2) is 5.13 Å². The molecule has 1 heterocycles. The van der Waals surface area contributed by atoms with Crippen LogP contribution < -0.4 is 5.32 Å². The molecule has 0 atom stereocenters. The third-order valence-corrected chi connectivity index (χ3v) is 4.21. The van der Waals surface area contributed by atoms with Crippen molar-refractivity contribution in [1.29, 1.82) is 0 Å². The third kappa shape index (κ3) is 3.29. The first-order chi connectivity index (χ1) is 9.51. The predicted molar refractivity (Wildman–Crippen MR) is 82.5 cm³/mol. The van der Waals surface area contributed by atoms with Gasteiger partial charge in [0.1, 0.15) is 4.88 Å². The number of aromatic nitrogens is 1. The Hall–Kier alpha value is -1.59. The zero-order valence-electron chi connectivity index (χ0n) is 11.2. The quantitative estimate of drug-likeness (QED) is 0.853. The van der Waals surface area contributed by atoms with E-state index in [0.29, 0.717) is 27.1 Å². The number of aryl methyl sites for hydroxylation is 2. The number of carboxylic acids is 1. The number of hydrogen-bond acceptors (Lipinski definition) is 4. The number of nitrogens with zero attached hydrogens (tertiary/aromatic N) is 1. The molecule has 0 aliphatic carbocycles. The highest BCUT2D eigenvalue weighted by atomic mass is 35.5. The van der Waals surface area contributed by atoms with Crippen LogP contribution in [0.25, 0.3) is 0 Å². The number of benzene rings is 1. The van der Waals surface area contributed by atoms with E-state index in [4.69, 9.17) is 11.6 Å². The molecule has 0 bridgehead atoms. The number of hydrogen-bond donors (Lipinski definition) is 2. The summed E-state index contributed by atoms with van der Waals surface area (Å²) < 4.78 is 0. The van der Waals surface area contributed by atoms with Crippen molar-refractivity contribution in [2.45, 2.75) is 26.7 Å². The lowest BCUT2D eigenvalue weighted by atomic mass is 10.2. The van der Waals surface area contributed by atoms with Crippen molar-refractivity contribution in [2.75, 3.05) is 5.32 Å². The van der Waals surface area contributed by atoms with E-state index in [1.54, 1.807) is 6.07 Å². The van der Waals surface area contributed by atoms with Gasteiger partial charge in [-0.3, -0.25) is 0 Å². The van der Waals surface area contributed by atoms with Crippen LogP contribution in [0.5, 0.6) is 0 Å². The molecular weight excluding hydrogens is 296 g/mol. The molecule has 0 fully saturated rings. The van der Waals surface area contributed by atoms with Crippen molar-refractivity contribution < 1.29 is 9.90 Å². The van der Waals surface area contributed by atoms with Crippen molar-refractivity contribution in [3.8, 4) is 0 Å². The smallest absolute Gasteiger partial charge is 0.347 e. The number of carboxylic acid groups (broad SMARTS) is 1. The Balaban J connectivity index is 2.26. The highest BCUT2D eigenvalue weighted by Gasteiger charge is 2.16. The van der Waals surface area contributed by atoms with E-state index in [1.165, 1.54) is 0 Å². The van der Waals surface area contributed by atoms with E-state index in [2.05, 4.69) is 10.3 Å². The van der Waals surface area contributed by atoms with Crippen LogP contribution in [-0.4, -0.2) is 16.1 Å². The number of anilines is 2. The zero-order chi connectivity index (χ0) is 14.7. The fraction of sp³-hybridized carbons (Fsp3) is 0.286. The predicted octanol–water partition coefficient (Wildman–Crippen LogP) is 4.50. The van der Waals surface area contributed by atoms with Gasteiger partial charge in [0.25, 0.3) is 0 Å². The molecule has 2 rings (SSSR count). The number of carbonyl (C=O) groups is 1. The van der Waals surface area contributed by atoms with Gasteiger partial charge in [0, 0.05) is 10.7 Å². The number of nitrogens with one attached hydrogen (secondary N) is 1. The van der Waals surface area contributed by atoms with Crippen LogP contribution in [-0.2, 0) is 6.42 Å². The average molecular weight is 311 g/mol.